The van der Waals surface area contributed by atoms with Crippen LogP contribution < -0.4 is 5.32 Å². The molecule has 2 heterocycles. The SMILES string of the molecule is Cc1cccc(-c2ccc3sc(Cc4nnc(CC(=O)NC5(C#N)CC5)o4)nc3c2)c1. The Hall–Kier alpha value is -3.57. The number of nitrogens with zero attached hydrogens (tertiary/aromatic N) is 4. The zero-order chi connectivity index (χ0) is 21.4. The number of nitriles is 1. The van der Waals surface area contributed by atoms with Crippen molar-refractivity contribution in [2.24, 2.45) is 0 Å². The fourth-order valence-electron chi connectivity index (χ4n) is 3.45. The molecule has 4 aromatic rings. The van der Waals surface area contributed by atoms with Gasteiger partial charge in [-0.3, -0.25) is 4.79 Å². The van der Waals surface area contributed by atoms with E-state index in [1.165, 1.54) is 11.1 Å². The van der Waals surface area contributed by atoms with E-state index in [2.05, 4.69) is 71.0 Å². The smallest absolute Gasteiger partial charge is 0.230 e. The molecule has 5 rings (SSSR count). The topological polar surface area (TPSA) is 105 Å². The Balaban J connectivity index is 1.28. The van der Waals surface area contributed by atoms with E-state index in [1.54, 1.807) is 11.3 Å². The number of hydrogen-bond donors (Lipinski definition) is 1. The lowest BCUT2D eigenvalue weighted by Crippen LogP contribution is -2.36. The molecule has 8 heteroatoms. The second-order valence-electron chi connectivity index (χ2n) is 7.84. The van der Waals surface area contributed by atoms with E-state index in [9.17, 15) is 4.79 Å². The van der Waals surface area contributed by atoms with E-state index in [0.29, 0.717) is 25.2 Å². The number of rotatable bonds is 6. The fraction of sp³-hybridized carbons (Fsp3) is 0.261. The highest BCUT2D eigenvalue weighted by Crippen LogP contribution is 2.34. The quantitative estimate of drug-likeness (QED) is 0.497. The largest absolute Gasteiger partial charge is 0.424 e. The summed E-state index contributed by atoms with van der Waals surface area (Å²) in [7, 11) is 0. The van der Waals surface area contributed by atoms with Gasteiger partial charge in [-0.1, -0.05) is 35.9 Å². The van der Waals surface area contributed by atoms with Gasteiger partial charge < -0.3 is 9.73 Å². The average molecular weight is 430 g/mol. The van der Waals surface area contributed by atoms with Crippen molar-refractivity contribution in [2.45, 2.75) is 38.1 Å². The molecule has 1 saturated carbocycles. The normalized spacial score (nSPS) is 14.3. The van der Waals surface area contributed by atoms with Crippen LogP contribution >= 0.6 is 11.3 Å². The van der Waals surface area contributed by atoms with Crippen molar-refractivity contribution in [1.29, 1.82) is 5.26 Å². The van der Waals surface area contributed by atoms with Crippen LogP contribution in [-0.4, -0.2) is 26.6 Å². The maximum Gasteiger partial charge on any atom is 0.230 e. The first-order valence-corrected chi connectivity index (χ1v) is 10.8. The lowest BCUT2D eigenvalue weighted by Gasteiger charge is -2.06. The van der Waals surface area contributed by atoms with Crippen molar-refractivity contribution in [1.82, 2.24) is 20.5 Å². The van der Waals surface area contributed by atoms with Crippen molar-refractivity contribution in [3.63, 3.8) is 0 Å². The molecule has 1 amide bonds. The molecule has 0 spiro atoms. The number of fused-ring (bicyclic) bond motifs is 1. The molecule has 0 atom stereocenters. The van der Waals surface area contributed by atoms with Crippen LogP contribution in [0.3, 0.4) is 0 Å². The van der Waals surface area contributed by atoms with Crippen LogP contribution in [-0.2, 0) is 17.6 Å². The monoisotopic (exact) mass is 429 g/mol. The predicted molar refractivity (Wildman–Crippen MR) is 116 cm³/mol. The van der Waals surface area contributed by atoms with Crippen LogP contribution in [0.5, 0.6) is 0 Å². The second kappa shape index (κ2) is 7.60. The van der Waals surface area contributed by atoms with Gasteiger partial charge in [-0.05, 0) is 43.0 Å². The Morgan fingerprint density at radius 1 is 1.19 bits per heavy atom. The van der Waals surface area contributed by atoms with Gasteiger partial charge >= 0.3 is 0 Å². The van der Waals surface area contributed by atoms with E-state index in [0.717, 1.165) is 20.8 Å². The Labute approximate surface area is 182 Å². The molecule has 0 bridgehead atoms. The average Bonchev–Trinajstić information content (AvgIpc) is 3.19. The second-order valence-corrected chi connectivity index (χ2v) is 8.96. The van der Waals surface area contributed by atoms with E-state index in [4.69, 9.17) is 14.7 Å². The third-order valence-electron chi connectivity index (χ3n) is 5.25. The summed E-state index contributed by atoms with van der Waals surface area (Å²) in [6.45, 7) is 2.08. The highest BCUT2D eigenvalue weighted by molar-refractivity contribution is 7.18. The molecule has 1 aliphatic rings. The van der Waals surface area contributed by atoms with Crippen LogP contribution in [0.15, 0.2) is 46.9 Å². The highest BCUT2D eigenvalue weighted by Gasteiger charge is 2.44. The van der Waals surface area contributed by atoms with Crippen LogP contribution in [0.2, 0.25) is 0 Å². The van der Waals surface area contributed by atoms with Gasteiger partial charge in [0.2, 0.25) is 17.7 Å². The van der Waals surface area contributed by atoms with Gasteiger partial charge in [-0.2, -0.15) is 5.26 Å². The number of aryl methyl sites for hydroxylation is 1. The summed E-state index contributed by atoms with van der Waals surface area (Å²) in [5.74, 6) is 0.379. The van der Waals surface area contributed by atoms with Crippen LogP contribution in [0.1, 0.15) is 35.2 Å². The summed E-state index contributed by atoms with van der Waals surface area (Å²) < 4.78 is 6.72. The molecular formula is C23H19N5O2S. The minimum absolute atomic E-state index is 0.0316. The molecular weight excluding hydrogens is 410 g/mol. The molecule has 0 radical (unpaired) electrons. The molecule has 1 N–H and O–H groups in total. The molecule has 1 aliphatic carbocycles. The van der Waals surface area contributed by atoms with Gasteiger partial charge in [0, 0.05) is 0 Å². The van der Waals surface area contributed by atoms with E-state index >= 15 is 0 Å². The molecule has 2 aromatic carbocycles. The number of benzene rings is 2. The number of amides is 1. The number of carbonyl (C=O) groups excluding carboxylic acids is 1. The van der Waals surface area contributed by atoms with E-state index < -0.39 is 5.54 Å². The first-order valence-electron chi connectivity index (χ1n) is 10.0. The lowest BCUT2D eigenvalue weighted by molar-refractivity contribution is -0.121. The summed E-state index contributed by atoms with van der Waals surface area (Å²) in [4.78, 5) is 16.8. The zero-order valence-corrected chi connectivity index (χ0v) is 17.7. The van der Waals surface area contributed by atoms with Gasteiger partial charge in [-0.25, -0.2) is 4.98 Å². The van der Waals surface area contributed by atoms with Crippen LogP contribution in [0.4, 0.5) is 0 Å². The van der Waals surface area contributed by atoms with Crippen LogP contribution in [0, 0.1) is 18.3 Å². The molecule has 2 aromatic heterocycles. The first kappa shape index (κ1) is 19.4. The van der Waals surface area contributed by atoms with Crippen molar-refractivity contribution < 1.29 is 9.21 Å². The molecule has 0 saturated heterocycles. The predicted octanol–water partition coefficient (Wildman–Crippen LogP) is 3.96. The standard InChI is InChI=1S/C23H19N5O2S/c1-14-3-2-4-15(9-14)16-5-6-18-17(10-16)25-22(31-18)12-21-28-27-20(30-21)11-19(29)26-23(13-24)7-8-23/h2-6,9-10H,7-8,11-12H2,1H3,(H,26,29). The number of aromatic nitrogens is 3. The Morgan fingerprint density at radius 3 is 2.77 bits per heavy atom. The van der Waals surface area contributed by atoms with Crippen molar-refractivity contribution >= 4 is 27.5 Å². The van der Waals surface area contributed by atoms with Crippen LogP contribution in [0.25, 0.3) is 21.3 Å². The zero-order valence-electron chi connectivity index (χ0n) is 16.9. The summed E-state index contributed by atoms with van der Waals surface area (Å²) >= 11 is 1.59. The van der Waals surface area contributed by atoms with Gasteiger partial charge in [0.05, 0.1) is 22.7 Å². The molecule has 7 nitrogen and oxygen atoms in total. The van der Waals surface area contributed by atoms with Gasteiger partial charge in [0.15, 0.2) is 0 Å². The fourth-order valence-corrected chi connectivity index (χ4v) is 4.39. The third kappa shape index (κ3) is 4.18. The summed E-state index contributed by atoms with van der Waals surface area (Å²) in [5.41, 5.74) is 3.76. The minimum Gasteiger partial charge on any atom is -0.424 e. The third-order valence-corrected chi connectivity index (χ3v) is 6.29. The van der Waals surface area contributed by atoms with E-state index in [1.807, 2.05) is 0 Å². The Morgan fingerprint density at radius 2 is 2.00 bits per heavy atom. The van der Waals surface area contributed by atoms with Gasteiger partial charge in [0.1, 0.15) is 17.0 Å². The summed E-state index contributed by atoms with van der Waals surface area (Å²) in [6.07, 6.45) is 1.76. The number of nitrogens with one attached hydrogen (secondary N) is 1. The Kier molecular flexibility index (Phi) is 4.75. The molecule has 154 valence electrons. The molecule has 0 aliphatic heterocycles. The van der Waals surface area contributed by atoms with Gasteiger partial charge in [-0.15, -0.1) is 21.5 Å². The van der Waals surface area contributed by atoms with Crippen molar-refractivity contribution in [3.05, 3.63) is 64.8 Å². The maximum absolute atomic E-state index is 12.1. The van der Waals surface area contributed by atoms with Crippen molar-refractivity contribution in [2.75, 3.05) is 0 Å². The molecule has 1 fully saturated rings. The summed E-state index contributed by atoms with van der Waals surface area (Å²) in [6, 6.07) is 16.8. The molecule has 31 heavy (non-hydrogen) atoms. The van der Waals surface area contributed by atoms with Gasteiger partial charge in [0.25, 0.3) is 0 Å². The maximum atomic E-state index is 12.1. The highest BCUT2D eigenvalue weighted by atomic mass is 32.1. The van der Waals surface area contributed by atoms with Crippen molar-refractivity contribution in [3.8, 4) is 17.2 Å². The van der Waals surface area contributed by atoms with E-state index in [-0.39, 0.29) is 18.2 Å². The number of hydrogen-bond acceptors (Lipinski definition) is 7. The Bertz CT molecular complexity index is 1330. The summed E-state index contributed by atoms with van der Waals surface area (Å²) in [5, 5.41) is 20.7. The minimum atomic E-state index is -0.696. The first-order chi connectivity index (χ1) is 15.0. The lowest BCUT2D eigenvalue weighted by atomic mass is 10.0. The molecule has 0 unspecified atom stereocenters. The number of thiazole rings is 1. The number of carbonyl (C=O) groups is 1.